The normalized spacial score (nSPS) is 10.9. The Hall–Kier alpha value is -2.66. The number of nitrogens with one attached hydrogen (secondary N) is 1. The third kappa shape index (κ3) is 4.00. The van der Waals surface area contributed by atoms with Gasteiger partial charge in [0.25, 0.3) is 5.91 Å². The molecule has 0 aromatic heterocycles. The Labute approximate surface area is 148 Å². The molecule has 1 amide bonds. The van der Waals surface area contributed by atoms with Crippen molar-refractivity contribution in [1.29, 1.82) is 0 Å². The van der Waals surface area contributed by atoms with Crippen LogP contribution < -0.4 is 10.2 Å². The molecule has 0 unspecified atom stereocenters. The molecule has 5 heteroatoms. The number of hydrogen-bond acceptors (Lipinski definition) is 3. The van der Waals surface area contributed by atoms with Gasteiger partial charge < -0.3 is 4.74 Å². The summed E-state index contributed by atoms with van der Waals surface area (Å²) in [7, 11) is 0. The van der Waals surface area contributed by atoms with Crippen LogP contribution >= 0.6 is 15.9 Å². The molecule has 3 aromatic carbocycles. The summed E-state index contributed by atoms with van der Waals surface area (Å²) in [5.74, 6) is 0.365. The molecule has 0 bridgehead atoms. The van der Waals surface area contributed by atoms with Gasteiger partial charge in [0.15, 0.2) is 6.61 Å². The number of carbonyl (C=O) groups is 1. The molecule has 0 spiro atoms. The third-order valence-corrected chi connectivity index (χ3v) is 4.13. The number of nitrogens with zero attached hydrogens (tertiary/aromatic N) is 1. The number of carbonyl (C=O) groups excluding carboxylic acids is 1. The fourth-order valence-corrected chi connectivity index (χ4v) is 2.64. The van der Waals surface area contributed by atoms with Gasteiger partial charge in [-0.15, -0.1) is 0 Å². The van der Waals surface area contributed by atoms with Crippen LogP contribution in [-0.2, 0) is 4.79 Å². The van der Waals surface area contributed by atoms with Gasteiger partial charge >= 0.3 is 0 Å². The van der Waals surface area contributed by atoms with E-state index in [4.69, 9.17) is 4.74 Å². The Bertz CT molecular complexity index is 888. The van der Waals surface area contributed by atoms with Crippen molar-refractivity contribution >= 4 is 38.8 Å². The number of halogens is 1. The van der Waals surface area contributed by atoms with Crippen molar-refractivity contribution in [2.24, 2.45) is 5.10 Å². The number of amides is 1. The second kappa shape index (κ2) is 7.75. The summed E-state index contributed by atoms with van der Waals surface area (Å²) < 4.78 is 6.52. The van der Waals surface area contributed by atoms with Gasteiger partial charge in [0.05, 0.1) is 6.21 Å². The van der Waals surface area contributed by atoms with Crippen LogP contribution in [0.3, 0.4) is 0 Å². The first-order valence-electron chi connectivity index (χ1n) is 7.41. The maximum Gasteiger partial charge on any atom is 0.277 e. The largest absolute Gasteiger partial charge is 0.483 e. The number of ether oxygens (including phenoxy) is 1. The first kappa shape index (κ1) is 16.2. The van der Waals surface area contributed by atoms with Crippen LogP contribution in [0.5, 0.6) is 5.75 Å². The maximum absolute atomic E-state index is 11.9. The van der Waals surface area contributed by atoms with E-state index in [9.17, 15) is 4.79 Å². The molecule has 0 saturated carbocycles. The van der Waals surface area contributed by atoms with Gasteiger partial charge in [-0.3, -0.25) is 4.79 Å². The van der Waals surface area contributed by atoms with Gasteiger partial charge in [-0.2, -0.15) is 5.10 Å². The molecular weight excluding hydrogens is 368 g/mol. The summed E-state index contributed by atoms with van der Waals surface area (Å²) in [6, 6.07) is 21.3. The van der Waals surface area contributed by atoms with E-state index in [0.717, 1.165) is 20.8 Å². The fourth-order valence-electron chi connectivity index (χ4n) is 2.25. The zero-order valence-electron chi connectivity index (χ0n) is 12.8. The van der Waals surface area contributed by atoms with Gasteiger partial charge in [0.1, 0.15) is 5.75 Å². The van der Waals surface area contributed by atoms with E-state index >= 15 is 0 Å². The van der Waals surface area contributed by atoms with Crippen molar-refractivity contribution in [3.63, 3.8) is 0 Å². The molecule has 0 atom stereocenters. The van der Waals surface area contributed by atoms with Crippen molar-refractivity contribution in [2.75, 3.05) is 6.61 Å². The lowest BCUT2D eigenvalue weighted by atomic mass is 10.1. The van der Waals surface area contributed by atoms with Crippen LogP contribution in [-0.4, -0.2) is 18.7 Å². The number of benzene rings is 3. The molecule has 3 rings (SSSR count). The van der Waals surface area contributed by atoms with Gasteiger partial charge in [0, 0.05) is 15.4 Å². The van der Waals surface area contributed by atoms with Crippen molar-refractivity contribution in [3.8, 4) is 5.75 Å². The molecule has 24 heavy (non-hydrogen) atoms. The van der Waals surface area contributed by atoms with E-state index in [1.165, 1.54) is 0 Å². The quantitative estimate of drug-likeness (QED) is 0.532. The standard InChI is InChI=1S/C19H15BrN2O2/c20-17-10-4-2-7-15(17)12-21-22-19(23)13-24-18-11-5-8-14-6-1-3-9-16(14)18/h1-12H,13H2,(H,22,23)/b21-12+. The molecule has 0 saturated heterocycles. The van der Waals surface area contributed by atoms with Crippen LogP contribution in [0.15, 0.2) is 76.3 Å². The van der Waals surface area contributed by atoms with Crippen LogP contribution in [0.1, 0.15) is 5.56 Å². The van der Waals surface area contributed by atoms with E-state index < -0.39 is 0 Å². The molecule has 0 heterocycles. The first-order chi connectivity index (χ1) is 11.7. The minimum atomic E-state index is -0.314. The van der Waals surface area contributed by atoms with E-state index in [0.29, 0.717) is 5.75 Å². The third-order valence-electron chi connectivity index (χ3n) is 3.41. The van der Waals surface area contributed by atoms with Crippen molar-refractivity contribution in [1.82, 2.24) is 5.43 Å². The molecule has 0 aliphatic rings. The van der Waals surface area contributed by atoms with Crippen LogP contribution in [0.2, 0.25) is 0 Å². The Morgan fingerprint density at radius 2 is 1.79 bits per heavy atom. The zero-order valence-corrected chi connectivity index (χ0v) is 14.4. The van der Waals surface area contributed by atoms with Gasteiger partial charge in [-0.25, -0.2) is 5.43 Å². The van der Waals surface area contributed by atoms with E-state index in [1.807, 2.05) is 66.7 Å². The molecule has 0 radical (unpaired) electrons. The Morgan fingerprint density at radius 1 is 1.04 bits per heavy atom. The van der Waals surface area contributed by atoms with Crippen molar-refractivity contribution in [3.05, 3.63) is 76.8 Å². The Kier molecular flexibility index (Phi) is 5.23. The second-order valence-corrected chi connectivity index (χ2v) is 5.93. The smallest absolute Gasteiger partial charge is 0.277 e. The SMILES string of the molecule is O=C(COc1cccc2ccccc12)N/N=C/c1ccccc1Br. The summed E-state index contributed by atoms with van der Waals surface area (Å²) >= 11 is 3.42. The number of rotatable bonds is 5. The highest BCUT2D eigenvalue weighted by Crippen LogP contribution is 2.24. The summed E-state index contributed by atoms with van der Waals surface area (Å²) in [4.78, 5) is 11.9. The van der Waals surface area contributed by atoms with E-state index in [2.05, 4.69) is 26.5 Å². The minimum absolute atomic E-state index is 0.0959. The molecule has 4 nitrogen and oxygen atoms in total. The Morgan fingerprint density at radius 3 is 2.67 bits per heavy atom. The van der Waals surface area contributed by atoms with Crippen LogP contribution in [0.4, 0.5) is 0 Å². The Balaban J connectivity index is 1.58. The molecule has 0 aliphatic heterocycles. The van der Waals surface area contributed by atoms with E-state index in [-0.39, 0.29) is 12.5 Å². The van der Waals surface area contributed by atoms with Gasteiger partial charge in [-0.05, 0) is 17.5 Å². The predicted molar refractivity (Wildman–Crippen MR) is 99.3 cm³/mol. The average molecular weight is 383 g/mol. The summed E-state index contributed by atoms with van der Waals surface area (Å²) in [5, 5.41) is 5.99. The van der Waals surface area contributed by atoms with Gasteiger partial charge in [0.2, 0.25) is 0 Å². The molecule has 0 aliphatic carbocycles. The zero-order chi connectivity index (χ0) is 16.8. The highest BCUT2D eigenvalue weighted by molar-refractivity contribution is 9.10. The lowest BCUT2D eigenvalue weighted by Crippen LogP contribution is -2.24. The van der Waals surface area contributed by atoms with Crippen molar-refractivity contribution < 1.29 is 9.53 Å². The highest BCUT2D eigenvalue weighted by Gasteiger charge is 2.05. The predicted octanol–water partition coefficient (Wildman–Crippen LogP) is 4.13. The number of fused-ring (bicyclic) bond motifs is 1. The highest BCUT2D eigenvalue weighted by atomic mass is 79.9. The molecule has 0 fully saturated rings. The first-order valence-corrected chi connectivity index (χ1v) is 8.20. The lowest BCUT2D eigenvalue weighted by Gasteiger charge is -2.08. The molecule has 120 valence electrons. The summed E-state index contributed by atoms with van der Waals surface area (Å²) in [6.45, 7) is -0.0959. The average Bonchev–Trinajstić information content (AvgIpc) is 2.61. The molecule has 1 N–H and O–H groups in total. The lowest BCUT2D eigenvalue weighted by molar-refractivity contribution is -0.123. The topological polar surface area (TPSA) is 50.7 Å². The second-order valence-electron chi connectivity index (χ2n) is 5.08. The van der Waals surface area contributed by atoms with Gasteiger partial charge in [-0.1, -0.05) is 70.5 Å². The summed E-state index contributed by atoms with van der Waals surface area (Å²) in [5.41, 5.74) is 3.34. The number of hydrazone groups is 1. The van der Waals surface area contributed by atoms with Crippen molar-refractivity contribution in [2.45, 2.75) is 0 Å². The molecule has 3 aromatic rings. The van der Waals surface area contributed by atoms with E-state index in [1.54, 1.807) is 6.21 Å². The maximum atomic E-state index is 11.9. The number of hydrogen-bond donors (Lipinski definition) is 1. The van der Waals surface area contributed by atoms with Crippen LogP contribution in [0.25, 0.3) is 10.8 Å². The fraction of sp³-hybridized carbons (Fsp3) is 0.0526. The van der Waals surface area contributed by atoms with Crippen LogP contribution in [0, 0.1) is 0 Å². The molecular formula is C19H15BrN2O2. The monoisotopic (exact) mass is 382 g/mol. The summed E-state index contributed by atoms with van der Waals surface area (Å²) in [6.07, 6.45) is 1.58. The minimum Gasteiger partial charge on any atom is -0.483 e.